The van der Waals surface area contributed by atoms with Gasteiger partial charge in [0.2, 0.25) is 5.91 Å². The minimum Gasteiger partial charge on any atom is -0.323 e. The van der Waals surface area contributed by atoms with Crippen LogP contribution >= 0.6 is 11.6 Å². The maximum Gasteiger partial charge on any atom is 0.307 e. The van der Waals surface area contributed by atoms with Crippen molar-refractivity contribution in [3.63, 3.8) is 0 Å². The molecule has 182 valence electrons. The van der Waals surface area contributed by atoms with Gasteiger partial charge < -0.3 is 5.32 Å². The molecular weight excluding hydrogens is 468 g/mol. The van der Waals surface area contributed by atoms with Crippen molar-refractivity contribution in [2.24, 2.45) is 17.3 Å². The normalized spacial score (nSPS) is 28.8. The van der Waals surface area contributed by atoms with Gasteiger partial charge in [-0.1, -0.05) is 29.8 Å². The van der Waals surface area contributed by atoms with Crippen molar-refractivity contribution in [1.82, 2.24) is 19.6 Å². The molecule has 4 saturated carbocycles. The van der Waals surface area contributed by atoms with Crippen LogP contribution in [0.4, 0.5) is 11.4 Å². The quantitative estimate of drug-likeness (QED) is 0.366. The van der Waals surface area contributed by atoms with Crippen molar-refractivity contribution in [3.8, 4) is 0 Å². The minimum atomic E-state index is -0.390. The van der Waals surface area contributed by atoms with E-state index in [9.17, 15) is 14.9 Å². The molecule has 0 radical (unpaired) electrons. The zero-order chi connectivity index (χ0) is 24.2. The van der Waals surface area contributed by atoms with Crippen molar-refractivity contribution < 1.29 is 9.72 Å². The number of rotatable bonds is 7. The zero-order valence-electron chi connectivity index (χ0n) is 19.3. The summed E-state index contributed by atoms with van der Waals surface area (Å²) in [5, 5.41) is 23.7. The van der Waals surface area contributed by atoms with E-state index in [1.54, 1.807) is 17.1 Å². The number of carbonyl (C=O) groups excluding carboxylic acids is 1. The highest BCUT2D eigenvalue weighted by atomic mass is 35.5. The van der Waals surface area contributed by atoms with Crippen LogP contribution in [0.2, 0.25) is 5.02 Å². The Balaban J connectivity index is 1.16. The number of halogens is 1. The molecule has 4 bridgehead atoms. The minimum absolute atomic E-state index is 0.00848. The van der Waals surface area contributed by atoms with Gasteiger partial charge in [0.1, 0.15) is 12.4 Å². The molecule has 2 atom stereocenters. The Kier molecular flexibility index (Phi) is 5.21. The number of hydrogen-bond donors (Lipinski definition) is 1. The third kappa shape index (κ3) is 4.11. The number of anilines is 1. The number of hydrogen-bond acceptors (Lipinski definition) is 5. The van der Waals surface area contributed by atoms with E-state index in [1.807, 2.05) is 35.1 Å². The summed E-state index contributed by atoms with van der Waals surface area (Å²) in [6, 6.07) is 7.64. The van der Waals surface area contributed by atoms with Crippen LogP contribution in [0.1, 0.15) is 50.5 Å². The summed E-state index contributed by atoms with van der Waals surface area (Å²) in [7, 11) is 0. The maximum atomic E-state index is 13.2. The Hall–Kier alpha value is -3.20. The van der Waals surface area contributed by atoms with Gasteiger partial charge in [0, 0.05) is 17.6 Å². The topological polar surface area (TPSA) is 108 Å². The number of nitrogens with zero attached hydrogens (tertiary/aromatic N) is 5. The lowest BCUT2D eigenvalue weighted by Crippen LogP contribution is -2.57. The number of carbonyl (C=O) groups is 1. The van der Waals surface area contributed by atoms with Gasteiger partial charge in [0.05, 0.1) is 28.9 Å². The number of benzene rings is 1. The fraction of sp³-hybridized carbons (Fsp3) is 0.480. The lowest BCUT2D eigenvalue weighted by molar-refractivity contribution is -0.385. The van der Waals surface area contributed by atoms with Crippen molar-refractivity contribution in [1.29, 1.82) is 0 Å². The molecule has 35 heavy (non-hydrogen) atoms. The van der Waals surface area contributed by atoms with Gasteiger partial charge in [-0.05, 0) is 67.4 Å². The fourth-order valence-electron chi connectivity index (χ4n) is 7.41. The molecule has 2 heterocycles. The molecular formula is C25H27ClN6O3. The number of nitrogens with one attached hydrogen (secondary N) is 1. The van der Waals surface area contributed by atoms with Crippen LogP contribution in [0.5, 0.6) is 0 Å². The monoisotopic (exact) mass is 494 g/mol. The van der Waals surface area contributed by atoms with Crippen molar-refractivity contribution >= 4 is 28.9 Å². The highest BCUT2D eigenvalue weighted by molar-refractivity contribution is 6.31. The molecule has 4 aliphatic carbocycles. The average molecular weight is 495 g/mol. The lowest BCUT2D eigenvalue weighted by Gasteiger charge is -2.61. The van der Waals surface area contributed by atoms with Crippen molar-refractivity contribution in [2.45, 2.75) is 57.0 Å². The molecule has 9 nitrogen and oxygen atoms in total. The van der Waals surface area contributed by atoms with E-state index >= 15 is 0 Å². The second kappa shape index (κ2) is 8.19. The second-order valence-corrected chi connectivity index (χ2v) is 11.2. The molecule has 0 saturated heterocycles. The Bertz CT molecular complexity index is 1290. The largest absolute Gasteiger partial charge is 0.323 e. The third-order valence-electron chi connectivity index (χ3n) is 8.16. The van der Waals surface area contributed by atoms with E-state index in [-0.39, 0.29) is 27.5 Å². The SMILES string of the molecule is O=C(CC12CC3CC(C1)CC(n1cc([N+](=O)[O-])cn1)(C3)C2)Nc1cnn(Cc2ccccc2Cl)c1. The van der Waals surface area contributed by atoms with Crippen LogP contribution in [0.25, 0.3) is 0 Å². The maximum absolute atomic E-state index is 13.2. The Morgan fingerprint density at radius 1 is 1.14 bits per heavy atom. The fourth-order valence-corrected chi connectivity index (χ4v) is 7.60. The summed E-state index contributed by atoms with van der Waals surface area (Å²) >= 11 is 6.26. The lowest BCUT2D eigenvalue weighted by atomic mass is 9.46. The molecule has 4 fully saturated rings. The molecule has 7 rings (SSSR count). The summed E-state index contributed by atoms with van der Waals surface area (Å²) in [6.45, 7) is 0.529. The molecule has 3 aromatic rings. The van der Waals surface area contributed by atoms with E-state index in [0.29, 0.717) is 35.5 Å². The first kappa shape index (κ1) is 22.3. The van der Waals surface area contributed by atoms with Crippen LogP contribution in [0.15, 0.2) is 49.1 Å². The van der Waals surface area contributed by atoms with Crippen LogP contribution in [0.3, 0.4) is 0 Å². The summed E-state index contributed by atoms with van der Waals surface area (Å²) in [5.74, 6) is 1.06. The highest BCUT2D eigenvalue weighted by Crippen LogP contribution is 2.65. The Morgan fingerprint density at radius 3 is 2.63 bits per heavy atom. The molecule has 1 N–H and O–H groups in total. The molecule has 0 aliphatic heterocycles. The number of amides is 1. The first-order valence-corrected chi connectivity index (χ1v) is 12.4. The molecule has 0 spiro atoms. The van der Waals surface area contributed by atoms with Crippen LogP contribution < -0.4 is 5.32 Å². The van der Waals surface area contributed by atoms with E-state index in [1.165, 1.54) is 12.6 Å². The van der Waals surface area contributed by atoms with Crippen LogP contribution in [-0.4, -0.2) is 30.4 Å². The van der Waals surface area contributed by atoms with Gasteiger partial charge in [-0.2, -0.15) is 10.2 Å². The number of nitro groups is 1. The van der Waals surface area contributed by atoms with Crippen molar-refractivity contribution in [2.75, 3.05) is 5.32 Å². The molecule has 1 amide bonds. The predicted octanol–water partition coefficient (Wildman–Crippen LogP) is 5.01. The van der Waals surface area contributed by atoms with Crippen LogP contribution in [-0.2, 0) is 16.9 Å². The highest BCUT2D eigenvalue weighted by Gasteiger charge is 2.59. The summed E-state index contributed by atoms with van der Waals surface area (Å²) in [6.07, 6.45) is 12.9. The number of aromatic nitrogens is 4. The summed E-state index contributed by atoms with van der Waals surface area (Å²) in [4.78, 5) is 24.0. The molecule has 2 unspecified atom stereocenters. The van der Waals surface area contributed by atoms with Gasteiger partial charge >= 0.3 is 5.69 Å². The second-order valence-electron chi connectivity index (χ2n) is 10.8. The van der Waals surface area contributed by atoms with E-state index in [4.69, 9.17) is 11.6 Å². The van der Waals surface area contributed by atoms with Gasteiger partial charge in [-0.15, -0.1) is 0 Å². The van der Waals surface area contributed by atoms with Gasteiger partial charge in [-0.3, -0.25) is 24.3 Å². The Labute approximate surface area is 207 Å². The van der Waals surface area contributed by atoms with Crippen LogP contribution in [0, 0.1) is 27.4 Å². The summed E-state index contributed by atoms with van der Waals surface area (Å²) in [5.41, 5.74) is 1.35. The standard InChI is InChI=1S/C25H27ClN6O3/c26-22-4-2-1-3-19(22)13-30-14-20(11-27-30)29-23(33)10-24-6-17-5-18(7-24)9-25(8-17,16-24)31-15-21(12-28-31)32(34)35/h1-4,11-12,14-15,17-18H,5-10,13,16H2,(H,29,33). The average Bonchev–Trinajstić information content (AvgIpc) is 3.44. The van der Waals surface area contributed by atoms with Crippen molar-refractivity contribution in [3.05, 3.63) is 69.8 Å². The molecule has 1 aromatic carbocycles. The zero-order valence-corrected chi connectivity index (χ0v) is 20.0. The molecule has 2 aromatic heterocycles. The Morgan fingerprint density at radius 2 is 1.91 bits per heavy atom. The third-order valence-corrected chi connectivity index (χ3v) is 8.53. The first-order chi connectivity index (χ1) is 16.8. The predicted molar refractivity (Wildman–Crippen MR) is 130 cm³/mol. The van der Waals surface area contributed by atoms with E-state index in [2.05, 4.69) is 15.5 Å². The molecule has 4 aliphatic rings. The van der Waals surface area contributed by atoms with Gasteiger partial charge in [-0.25, -0.2) is 0 Å². The molecule has 10 heteroatoms. The first-order valence-electron chi connectivity index (χ1n) is 12.1. The van der Waals surface area contributed by atoms with Gasteiger partial charge in [0.15, 0.2) is 0 Å². The van der Waals surface area contributed by atoms with E-state index in [0.717, 1.165) is 37.7 Å². The van der Waals surface area contributed by atoms with Gasteiger partial charge in [0.25, 0.3) is 0 Å². The summed E-state index contributed by atoms with van der Waals surface area (Å²) < 4.78 is 3.61. The van der Waals surface area contributed by atoms with E-state index < -0.39 is 0 Å². The smallest absolute Gasteiger partial charge is 0.307 e.